The molecule has 0 saturated carbocycles. The Morgan fingerprint density at radius 1 is 1.12 bits per heavy atom. The van der Waals surface area contributed by atoms with Crippen LogP contribution in [0.1, 0.15) is 70.0 Å². The molecule has 0 radical (unpaired) electrons. The molecule has 2 aliphatic rings. The molecule has 1 atom stereocenters. The maximum absolute atomic E-state index is 14.8. The molecule has 1 aromatic carbocycles. The van der Waals surface area contributed by atoms with Gasteiger partial charge in [-0.3, -0.25) is 0 Å². The van der Waals surface area contributed by atoms with Crippen molar-refractivity contribution < 1.29 is 22.7 Å². The summed E-state index contributed by atoms with van der Waals surface area (Å²) in [5, 5.41) is 3.92. The third kappa shape index (κ3) is 5.64. The number of likely N-dealkylation sites (tertiary alicyclic amines) is 1. The van der Waals surface area contributed by atoms with E-state index < -0.39 is 29.4 Å². The summed E-state index contributed by atoms with van der Waals surface area (Å²) in [6, 6.07) is 5.32. The second-order valence-electron chi connectivity index (χ2n) is 11.9. The number of carbonyl (C=O) groups is 1. The van der Waals surface area contributed by atoms with Gasteiger partial charge in [-0.05, 0) is 53.5 Å². The number of halogens is 3. The Morgan fingerprint density at radius 3 is 2.45 bits per heavy atom. The van der Waals surface area contributed by atoms with E-state index in [2.05, 4.69) is 25.2 Å². The van der Waals surface area contributed by atoms with Gasteiger partial charge in [0.25, 0.3) is 6.43 Å². The van der Waals surface area contributed by atoms with Crippen molar-refractivity contribution in [1.29, 1.82) is 0 Å². The van der Waals surface area contributed by atoms with Crippen LogP contribution in [0.15, 0.2) is 30.5 Å². The second kappa shape index (κ2) is 10.4. The zero-order valence-electron chi connectivity index (χ0n) is 23.5. The Morgan fingerprint density at radius 2 is 1.80 bits per heavy atom. The van der Waals surface area contributed by atoms with E-state index in [0.717, 1.165) is 37.8 Å². The Hall–Kier alpha value is -3.63. The van der Waals surface area contributed by atoms with Crippen LogP contribution in [0.3, 0.4) is 0 Å². The molecule has 8 nitrogen and oxygen atoms in total. The summed E-state index contributed by atoms with van der Waals surface area (Å²) < 4.78 is 46.8. The van der Waals surface area contributed by atoms with Crippen LogP contribution in [0.4, 0.5) is 29.6 Å². The quantitative estimate of drug-likeness (QED) is 0.388. The molecule has 2 aromatic heterocycles. The van der Waals surface area contributed by atoms with E-state index in [4.69, 9.17) is 4.74 Å². The Kier molecular flexibility index (Phi) is 7.26. The van der Waals surface area contributed by atoms with Crippen molar-refractivity contribution in [2.24, 2.45) is 5.41 Å². The van der Waals surface area contributed by atoms with Gasteiger partial charge < -0.3 is 19.9 Å². The van der Waals surface area contributed by atoms with E-state index >= 15 is 0 Å². The molecule has 0 bridgehead atoms. The SMILES string of the molecule is Cc1nc(NC(C)c2cccc(C(F)F)c2F)c2cc(N3CC4(CCN(C(=O)OC(C)(C)C)CC4)C3)ncc2n1. The molecular weight excluding hydrogens is 521 g/mol. The molecule has 40 heavy (non-hydrogen) atoms. The first-order valence-corrected chi connectivity index (χ1v) is 13.5. The van der Waals surface area contributed by atoms with Gasteiger partial charge in [-0.1, -0.05) is 18.2 Å². The predicted molar refractivity (Wildman–Crippen MR) is 147 cm³/mol. The zero-order valence-corrected chi connectivity index (χ0v) is 23.5. The van der Waals surface area contributed by atoms with Gasteiger partial charge in [-0.2, -0.15) is 0 Å². The van der Waals surface area contributed by atoms with Crippen LogP contribution in [0.5, 0.6) is 0 Å². The lowest BCUT2D eigenvalue weighted by molar-refractivity contribution is 0.00589. The predicted octanol–water partition coefficient (Wildman–Crippen LogP) is 6.42. The number of pyridine rings is 1. The number of ether oxygens (including phenoxy) is 1. The summed E-state index contributed by atoms with van der Waals surface area (Å²) in [7, 11) is 0. The number of aromatic nitrogens is 3. The van der Waals surface area contributed by atoms with Gasteiger partial charge in [0, 0.05) is 42.5 Å². The van der Waals surface area contributed by atoms with Crippen molar-refractivity contribution in [1.82, 2.24) is 19.9 Å². The largest absolute Gasteiger partial charge is 0.444 e. The number of amides is 1. The summed E-state index contributed by atoms with van der Waals surface area (Å²) in [5.74, 6) is 0.861. The van der Waals surface area contributed by atoms with E-state index in [0.29, 0.717) is 35.6 Å². The number of anilines is 2. The summed E-state index contributed by atoms with van der Waals surface area (Å²) >= 11 is 0. The van der Waals surface area contributed by atoms with Crippen LogP contribution in [0, 0.1) is 18.2 Å². The maximum atomic E-state index is 14.8. The van der Waals surface area contributed by atoms with Crippen LogP contribution in [-0.4, -0.2) is 57.7 Å². The molecule has 0 aliphatic carbocycles. The molecule has 2 aliphatic heterocycles. The van der Waals surface area contributed by atoms with Crippen molar-refractivity contribution in [3.05, 3.63) is 53.2 Å². The van der Waals surface area contributed by atoms with Crippen molar-refractivity contribution in [2.45, 2.75) is 65.5 Å². The second-order valence-corrected chi connectivity index (χ2v) is 11.9. The smallest absolute Gasteiger partial charge is 0.410 e. The Labute approximate surface area is 231 Å². The number of aryl methyl sites for hydroxylation is 1. The number of carbonyl (C=O) groups excluding carboxylic acids is 1. The monoisotopic (exact) mass is 556 g/mol. The molecule has 4 heterocycles. The highest BCUT2D eigenvalue weighted by molar-refractivity contribution is 5.90. The molecule has 11 heteroatoms. The summed E-state index contributed by atoms with van der Waals surface area (Å²) in [4.78, 5) is 30.1. The maximum Gasteiger partial charge on any atom is 0.410 e. The summed E-state index contributed by atoms with van der Waals surface area (Å²) in [6.07, 6.45) is 0.328. The van der Waals surface area contributed by atoms with Gasteiger partial charge in [-0.25, -0.2) is 32.9 Å². The number of piperidine rings is 1. The van der Waals surface area contributed by atoms with Crippen LogP contribution in [0.25, 0.3) is 10.9 Å². The molecule has 2 saturated heterocycles. The third-order valence-corrected chi connectivity index (χ3v) is 7.65. The van der Waals surface area contributed by atoms with Gasteiger partial charge >= 0.3 is 6.09 Å². The van der Waals surface area contributed by atoms with Crippen molar-refractivity contribution in [2.75, 3.05) is 36.4 Å². The molecule has 3 aromatic rings. The minimum Gasteiger partial charge on any atom is -0.444 e. The number of benzene rings is 1. The lowest BCUT2D eigenvalue weighted by Crippen LogP contribution is -2.61. The number of nitrogens with one attached hydrogen (secondary N) is 1. The molecule has 2 fully saturated rings. The molecule has 1 spiro atoms. The highest BCUT2D eigenvalue weighted by atomic mass is 19.3. The van der Waals surface area contributed by atoms with Gasteiger partial charge in [0.15, 0.2) is 0 Å². The number of nitrogens with zero attached hydrogens (tertiary/aromatic N) is 5. The third-order valence-electron chi connectivity index (χ3n) is 7.65. The lowest BCUT2D eigenvalue weighted by Gasteiger charge is -2.54. The lowest BCUT2D eigenvalue weighted by atomic mass is 9.72. The zero-order chi connectivity index (χ0) is 28.8. The number of hydrogen-bond donors (Lipinski definition) is 1. The normalized spacial score (nSPS) is 17.7. The average molecular weight is 557 g/mol. The van der Waals surface area contributed by atoms with Gasteiger partial charge in [0.1, 0.15) is 28.9 Å². The van der Waals surface area contributed by atoms with E-state index in [1.807, 2.05) is 26.8 Å². The fourth-order valence-electron chi connectivity index (χ4n) is 5.51. The average Bonchev–Trinajstić information content (AvgIpc) is 2.86. The highest BCUT2D eigenvalue weighted by Gasteiger charge is 2.46. The molecule has 214 valence electrons. The topological polar surface area (TPSA) is 83.5 Å². The van der Waals surface area contributed by atoms with E-state index in [9.17, 15) is 18.0 Å². The minimum absolute atomic E-state index is 0.127. The van der Waals surface area contributed by atoms with E-state index in [1.54, 1.807) is 24.9 Å². The van der Waals surface area contributed by atoms with Crippen molar-refractivity contribution in [3.8, 4) is 0 Å². The summed E-state index contributed by atoms with van der Waals surface area (Å²) in [6.45, 7) is 12.0. The Balaban J connectivity index is 1.30. The molecule has 1 unspecified atom stereocenters. The van der Waals surface area contributed by atoms with E-state index in [-0.39, 0.29) is 17.1 Å². The number of rotatable bonds is 5. The number of hydrogen-bond acceptors (Lipinski definition) is 7. The number of fused-ring (bicyclic) bond motifs is 1. The standard InChI is InChI=1S/C29H35F3N6O2/c1-17(19-7-6-8-20(24(19)30)25(31)32)34-26-21-13-23(33-14-22(21)35-18(2)36-26)38-15-29(16-38)9-11-37(12-10-29)27(39)40-28(3,4)5/h6-8,13-14,17,25H,9-12,15-16H2,1-5H3,(H,34,35,36). The van der Waals surface area contributed by atoms with Gasteiger partial charge in [-0.15, -0.1) is 0 Å². The first-order valence-electron chi connectivity index (χ1n) is 13.5. The first-order chi connectivity index (χ1) is 18.8. The molecule has 1 N–H and O–H groups in total. The van der Waals surface area contributed by atoms with Crippen molar-refractivity contribution >= 4 is 28.6 Å². The highest BCUT2D eigenvalue weighted by Crippen LogP contribution is 2.43. The fourth-order valence-corrected chi connectivity index (χ4v) is 5.51. The van der Waals surface area contributed by atoms with Crippen LogP contribution in [-0.2, 0) is 4.74 Å². The molecule has 5 rings (SSSR count). The Bertz CT molecular complexity index is 1410. The first kappa shape index (κ1) is 27.9. The minimum atomic E-state index is -2.90. The van der Waals surface area contributed by atoms with Crippen LogP contribution >= 0.6 is 0 Å². The number of alkyl halides is 2. The van der Waals surface area contributed by atoms with Gasteiger partial charge in [0.2, 0.25) is 0 Å². The van der Waals surface area contributed by atoms with Crippen LogP contribution in [0.2, 0.25) is 0 Å². The fraction of sp³-hybridized carbons (Fsp3) is 0.517. The van der Waals surface area contributed by atoms with Crippen molar-refractivity contribution in [3.63, 3.8) is 0 Å². The molecule has 1 amide bonds. The molecular formula is C29H35F3N6O2. The van der Waals surface area contributed by atoms with Gasteiger partial charge in [0.05, 0.1) is 23.3 Å². The van der Waals surface area contributed by atoms with E-state index in [1.165, 1.54) is 12.1 Å². The summed E-state index contributed by atoms with van der Waals surface area (Å²) in [5.41, 5.74) is -0.238. The van der Waals surface area contributed by atoms with Crippen LogP contribution < -0.4 is 10.2 Å².